The molecule has 0 heterocycles. The molecule has 2 aromatic rings. The van der Waals surface area contributed by atoms with Gasteiger partial charge in [0.1, 0.15) is 5.82 Å². The fourth-order valence-corrected chi connectivity index (χ4v) is 3.69. The van der Waals surface area contributed by atoms with Crippen LogP contribution in [0.3, 0.4) is 0 Å². The predicted molar refractivity (Wildman–Crippen MR) is 89.5 cm³/mol. The van der Waals surface area contributed by atoms with Gasteiger partial charge in [-0.3, -0.25) is 0 Å². The summed E-state index contributed by atoms with van der Waals surface area (Å²) < 4.78 is 76.0. The second-order valence-electron chi connectivity index (χ2n) is 5.08. The maximum absolute atomic E-state index is 13.0. The van der Waals surface area contributed by atoms with Crippen molar-refractivity contribution in [3.8, 4) is 0 Å². The van der Waals surface area contributed by atoms with Crippen molar-refractivity contribution in [3.63, 3.8) is 0 Å². The van der Waals surface area contributed by atoms with Gasteiger partial charge in [0, 0.05) is 15.5 Å². The van der Waals surface area contributed by atoms with E-state index in [0.717, 1.165) is 18.2 Å². The highest BCUT2D eigenvalue weighted by molar-refractivity contribution is 7.93. The highest BCUT2D eigenvalue weighted by atomic mass is 35.5. The molecule has 2 rings (SSSR count). The van der Waals surface area contributed by atoms with E-state index in [1.807, 2.05) is 0 Å². The Balaban J connectivity index is 2.32. The average Bonchev–Trinajstić information content (AvgIpc) is 2.48. The van der Waals surface area contributed by atoms with Crippen LogP contribution >= 0.6 is 23.2 Å². The first-order valence-electron chi connectivity index (χ1n) is 6.69. The van der Waals surface area contributed by atoms with E-state index in [4.69, 9.17) is 23.2 Å². The Hall–Kier alpha value is -1.57. The molecule has 0 fully saturated rings. The van der Waals surface area contributed by atoms with Gasteiger partial charge < -0.3 is 0 Å². The Morgan fingerprint density at radius 1 is 1.04 bits per heavy atom. The molecule has 0 aliphatic heterocycles. The van der Waals surface area contributed by atoms with Crippen LogP contribution < -0.4 is 0 Å². The summed E-state index contributed by atoms with van der Waals surface area (Å²) in [6.07, 6.45) is -4.04. The lowest BCUT2D eigenvalue weighted by atomic mass is 10.1. The number of hydrogen-bond acceptors (Lipinski definition) is 2. The van der Waals surface area contributed by atoms with Crippen LogP contribution in [0.4, 0.5) is 17.6 Å². The smallest absolute Gasteiger partial charge is 0.224 e. The summed E-state index contributed by atoms with van der Waals surface area (Å²) >= 11 is 11.6. The third-order valence-corrected chi connectivity index (χ3v) is 5.00. The van der Waals surface area contributed by atoms with E-state index in [-0.39, 0.29) is 10.6 Å². The van der Waals surface area contributed by atoms with Gasteiger partial charge in [0.15, 0.2) is 9.84 Å². The summed E-state index contributed by atoms with van der Waals surface area (Å²) in [7, 11) is -3.91. The van der Waals surface area contributed by atoms with Crippen LogP contribution in [0.1, 0.15) is 16.7 Å². The molecular formula is C16H10Cl2F4O2S. The normalized spacial score (nSPS) is 12.7. The minimum Gasteiger partial charge on any atom is -0.224 e. The topological polar surface area (TPSA) is 34.1 Å². The standard InChI is InChI=1S/C16H10Cl2F4O2S/c17-12-3-1-11(15(18)7-12)9-25(23,24)6-5-10-2-4-13(19)8-14(10)16(20,21)22/h1-8H,9H2. The Morgan fingerprint density at radius 2 is 1.72 bits per heavy atom. The van der Waals surface area contributed by atoms with Gasteiger partial charge in [-0.25, -0.2) is 12.8 Å². The van der Waals surface area contributed by atoms with Crippen molar-refractivity contribution in [2.24, 2.45) is 0 Å². The van der Waals surface area contributed by atoms with Crippen LogP contribution in [0.2, 0.25) is 10.0 Å². The van der Waals surface area contributed by atoms with Crippen molar-refractivity contribution < 1.29 is 26.0 Å². The third kappa shape index (κ3) is 5.45. The lowest BCUT2D eigenvalue weighted by Gasteiger charge is -2.10. The fourth-order valence-electron chi connectivity index (χ4n) is 2.00. The van der Waals surface area contributed by atoms with Gasteiger partial charge in [-0.1, -0.05) is 35.3 Å². The molecule has 0 unspecified atom stereocenters. The van der Waals surface area contributed by atoms with Gasteiger partial charge in [0.2, 0.25) is 0 Å². The van der Waals surface area contributed by atoms with Crippen LogP contribution in [-0.4, -0.2) is 8.42 Å². The van der Waals surface area contributed by atoms with Gasteiger partial charge in [0.25, 0.3) is 0 Å². The summed E-state index contributed by atoms with van der Waals surface area (Å²) in [5, 5.41) is 1.09. The second kappa shape index (κ2) is 7.35. The van der Waals surface area contributed by atoms with Gasteiger partial charge in [0.05, 0.1) is 11.3 Å². The van der Waals surface area contributed by atoms with Crippen LogP contribution in [-0.2, 0) is 21.8 Å². The third-order valence-electron chi connectivity index (χ3n) is 3.15. The van der Waals surface area contributed by atoms with Crippen molar-refractivity contribution in [2.45, 2.75) is 11.9 Å². The molecule has 2 aromatic carbocycles. The Morgan fingerprint density at radius 3 is 2.32 bits per heavy atom. The van der Waals surface area contributed by atoms with Crippen molar-refractivity contribution in [1.29, 1.82) is 0 Å². The molecule has 2 nitrogen and oxygen atoms in total. The summed E-state index contributed by atoms with van der Waals surface area (Å²) in [6.45, 7) is 0. The van der Waals surface area contributed by atoms with Crippen LogP contribution in [0.5, 0.6) is 0 Å². The SMILES string of the molecule is O=S(=O)(C=Cc1ccc(F)cc1C(F)(F)F)Cc1ccc(Cl)cc1Cl. The Labute approximate surface area is 151 Å². The quantitative estimate of drug-likeness (QED) is 0.600. The number of alkyl halides is 3. The first kappa shape index (κ1) is 19.8. The van der Waals surface area contributed by atoms with Crippen LogP contribution in [0.15, 0.2) is 41.8 Å². The minimum atomic E-state index is -4.81. The number of benzene rings is 2. The zero-order chi connectivity index (χ0) is 18.8. The zero-order valence-electron chi connectivity index (χ0n) is 12.3. The van der Waals surface area contributed by atoms with Crippen LogP contribution in [0.25, 0.3) is 6.08 Å². The molecule has 0 N–H and O–H groups in total. The zero-order valence-corrected chi connectivity index (χ0v) is 14.6. The first-order chi connectivity index (χ1) is 11.5. The van der Waals surface area contributed by atoms with E-state index in [1.165, 1.54) is 18.2 Å². The molecule has 0 atom stereocenters. The fraction of sp³-hybridized carbons (Fsp3) is 0.125. The summed E-state index contributed by atoms with van der Waals surface area (Å²) in [4.78, 5) is 0. The van der Waals surface area contributed by atoms with E-state index in [0.29, 0.717) is 16.5 Å². The van der Waals surface area contributed by atoms with Crippen molar-refractivity contribution in [2.75, 3.05) is 0 Å². The summed E-state index contributed by atoms with van der Waals surface area (Å²) in [5.41, 5.74) is -1.46. The van der Waals surface area contributed by atoms with Crippen molar-refractivity contribution >= 4 is 39.1 Å². The summed E-state index contributed by atoms with van der Waals surface area (Å²) in [6, 6.07) is 6.21. The second-order valence-corrected chi connectivity index (χ2v) is 7.81. The number of hydrogen-bond donors (Lipinski definition) is 0. The number of halogens is 6. The van der Waals surface area contributed by atoms with E-state index in [2.05, 4.69) is 0 Å². The predicted octanol–water partition coefficient (Wildman–Crippen LogP) is 5.74. The Bertz CT molecular complexity index is 922. The molecule has 0 radical (unpaired) electrons. The monoisotopic (exact) mass is 412 g/mol. The highest BCUT2D eigenvalue weighted by Gasteiger charge is 2.33. The lowest BCUT2D eigenvalue weighted by Crippen LogP contribution is -2.08. The molecule has 25 heavy (non-hydrogen) atoms. The maximum Gasteiger partial charge on any atom is 0.417 e. The van der Waals surface area contributed by atoms with E-state index < -0.39 is 38.7 Å². The largest absolute Gasteiger partial charge is 0.417 e. The minimum absolute atomic E-state index is 0.127. The molecule has 0 aliphatic rings. The molecule has 9 heteroatoms. The van der Waals surface area contributed by atoms with E-state index in [9.17, 15) is 26.0 Å². The number of sulfone groups is 1. The summed E-state index contributed by atoms with van der Waals surface area (Å²) in [5.74, 6) is -1.58. The number of rotatable bonds is 4. The lowest BCUT2D eigenvalue weighted by molar-refractivity contribution is -0.137. The molecule has 0 spiro atoms. The van der Waals surface area contributed by atoms with Crippen molar-refractivity contribution in [3.05, 3.63) is 74.4 Å². The van der Waals surface area contributed by atoms with Gasteiger partial charge in [-0.2, -0.15) is 13.2 Å². The molecule has 134 valence electrons. The molecule has 0 bridgehead atoms. The molecule has 0 saturated heterocycles. The molecule has 0 amide bonds. The average molecular weight is 413 g/mol. The first-order valence-corrected chi connectivity index (χ1v) is 9.16. The van der Waals surface area contributed by atoms with Gasteiger partial charge in [-0.05, 0) is 41.5 Å². The van der Waals surface area contributed by atoms with Gasteiger partial charge >= 0.3 is 6.18 Å². The highest BCUT2D eigenvalue weighted by Crippen LogP contribution is 2.33. The Kier molecular flexibility index (Phi) is 5.81. The van der Waals surface area contributed by atoms with Gasteiger partial charge in [-0.15, -0.1) is 0 Å². The maximum atomic E-state index is 13.0. The molecule has 0 saturated carbocycles. The molecule has 0 aromatic heterocycles. The van der Waals surface area contributed by atoms with Crippen LogP contribution in [0, 0.1) is 5.82 Å². The molecular weight excluding hydrogens is 403 g/mol. The van der Waals surface area contributed by atoms with E-state index in [1.54, 1.807) is 0 Å². The van der Waals surface area contributed by atoms with E-state index >= 15 is 0 Å². The molecule has 0 aliphatic carbocycles. The van der Waals surface area contributed by atoms with Crippen molar-refractivity contribution in [1.82, 2.24) is 0 Å².